The van der Waals surface area contributed by atoms with Gasteiger partial charge in [-0.05, 0) is 73.0 Å². The predicted octanol–water partition coefficient (Wildman–Crippen LogP) is 5.13. The van der Waals surface area contributed by atoms with Crippen molar-refractivity contribution in [3.63, 3.8) is 0 Å². The summed E-state index contributed by atoms with van der Waals surface area (Å²) in [6, 6.07) is 5.51. The van der Waals surface area contributed by atoms with Crippen LogP contribution < -0.4 is 4.74 Å². The number of pyridine rings is 1. The van der Waals surface area contributed by atoms with Gasteiger partial charge in [-0.1, -0.05) is 11.6 Å². The number of aliphatic hydroxyl groups is 1. The zero-order chi connectivity index (χ0) is 15.8. The summed E-state index contributed by atoms with van der Waals surface area (Å²) in [5.41, 5.74) is 1.66. The molecule has 0 radical (unpaired) electrons. The highest BCUT2D eigenvalue weighted by Crippen LogP contribution is 2.35. The Morgan fingerprint density at radius 2 is 1.76 bits per heavy atom. The van der Waals surface area contributed by atoms with Gasteiger partial charge in [0, 0.05) is 16.8 Å². The van der Waals surface area contributed by atoms with Gasteiger partial charge in [-0.25, -0.2) is 4.98 Å². The fourth-order valence-corrected chi connectivity index (χ4v) is 2.75. The Balaban J connectivity index is 2.37. The monoisotopic (exact) mass is 369 g/mol. The van der Waals surface area contributed by atoms with E-state index in [-0.39, 0.29) is 0 Å². The van der Waals surface area contributed by atoms with E-state index in [1.54, 1.807) is 20.0 Å². The highest BCUT2D eigenvalue weighted by molar-refractivity contribution is 9.10. The molecule has 1 N–H and O–H groups in total. The van der Waals surface area contributed by atoms with Crippen LogP contribution in [-0.2, 0) is 5.60 Å². The number of halogens is 2. The van der Waals surface area contributed by atoms with Crippen molar-refractivity contribution in [2.75, 3.05) is 0 Å². The molecule has 0 aliphatic heterocycles. The van der Waals surface area contributed by atoms with E-state index in [2.05, 4.69) is 20.9 Å². The Hall–Kier alpha value is -1.10. The molecule has 0 unspecified atom stereocenters. The minimum Gasteiger partial charge on any atom is -0.437 e. The van der Waals surface area contributed by atoms with Gasteiger partial charge in [0.05, 0.1) is 10.1 Å². The molecule has 1 heterocycles. The van der Waals surface area contributed by atoms with E-state index < -0.39 is 5.60 Å². The van der Waals surface area contributed by atoms with E-state index in [0.29, 0.717) is 20.9 Å². The average Bonchev–Trinajstić information content (AvgIpc) is 2.33. The molecule has 3 nitrogen and oxygen atoms in total. The standard InChI is InChI=1S/C16H17BrClNO2/c1-9-5-12(18)6-10(2)14(9)21-15-13(17)7-11(8-19-15)16(3,4)20/h5-8,20H,1-4H3. The number of aromatic nitrogens is 1. The first kappa shape index (κ1) is 16.3. The summed E-state index contributed by atoms with van der Waals surface area (Å²) in [6.45, 7) is 7.30. The third kappa shape index (κ3) is 3.76. The molecule has 1 aromatic carbocycles. The summed E-state index contributed by atoms with van der Waals surface area (Å²) in [5.74, 6) is 1.19. The lowest BCUT2D eigenvalue weighted by molar-refractivity contribution is 0.0781. The van der Waals surface area contributed by atoms with Gasteiger partial charge >= 0.3 is 0 Å². The van der Waals surface area contributed by atoms with E-state index in [0.717, 1.165) is 16.9 Å². The maximum Gasteiger partial charge on any atom is 0.233 e. The van der Waals surface area contributed by atoms with Crippen molar-refractivity contribution in [1.82, 2.24) is 4.98 Å². The molecule has 0 bridgehead atoms. The Kier molecular flexibility index (Phi) is 4.61. The molecular weight excluding hydrogens is 354 g/mol. The van der Waals surface area contributed by atoms with Crippen LogP contribution in [0.1, 0.15) is 30.5 Å². The van der Waals surface area contributed by atoms with Crippen LogP contribution in [0, 0.1) is 13.8 Å². The van der Waals surface area contributed by atoms with Crippen LogP contribution in [0.25, 0.3) is 0 Å². The SMILES string of the molecule is Cc1cc(Cl)cc(C)c1Oc1ncc(C(C)(C)O)cc1Br. The molecule has 0 spiro atoms. The molecule has 0 saturated heterocycles. The first-order chi connectivity index (χ1) is 9.68. The van der Waals surface area contributed by atoms with Crippen LogP contribution in [-0.4, -0.2) is 10.1 Å². The van der Waals surface area contributed by atoms with Gasteiger partial charge in [-0.2, -0.15) is 0 Å². The number of hydrogen-bond acceptors (Lipinski definition) is 3. The fourth-order valence-electron chi connectivity index (χ4n) is 1.99. The minimum absolute atomic E-state index is 0.455. The van der Waals surface area contributed by atoms with Gasteiger partial charge in [0.1, 0.15) is 5.75 Å². The van der Waals surface area contributed by atoms with Gasteiger partial charge in [-0.3, -0.25) is 0 Å². The minimum atomic E-state index is -0.944. The van der Waals surface area contributed by atoms with E-state index in [1.807, 2.05) is 32.0 Å². The molecule has 0 fully saturated rings. The first-order valence-electron chi connectivity index (χ1n) is 6.51. The van der Waals surface area contributed by atoms with E-state index in [4.69, 9.17) is 16.3 Å². The molecule has 112 valence electrons. The highest BCUT2D eigenvalue weighted by Gasteiger charge is 2.19. The fraction of sp³-hybridized carbons (Fsp3) is 0.312. The third-order valence-electron chi connectivity index (χ3n) is 3.14. The van der Waals surface area contributed by atoms with Crippen LogP contribution in [0.2, 0.25) is 5.02 Å². The summed E-state index contributed by atoms with van der Waals surface area (Å²) < 4.78 is 6.59. The Morgan fingerprint density at radius 3 is 2.24 bits per heavy atom. The second-order valence-electron chi connectivity index (χ2n) is 5.54. The second-order valence-corrected chi connectivity index (χ2v) is 6.83. The van der Waals surface area contributed by atoms with Gasteiger partial charge in [0.25, 0.3) is 0 Å². The van der Waals surface area contributed by atoms with Crippen molar-refractivity contribution in [2.45, 2.75) is 33.3 Å². The first-order valence-corrected chi connectivity index (χ1v) is 7.68. The normalized spacial score (nSPS) is 11.6. The molecular formula is C16H17BrClNO2. The summed E-state index contributed by atoms with van der Waals surface area (Å²) in [7, 11) is 0. The van der Waals surface area contributed by atoms with Crippen molar-refractivity contribution < 1.29 is 9.84 Å². The smallest absolute Gasteiger partial charge is 0.233 e. The lowest BCUT2D eigenvalue weighted by Gasteiger charge is -2.19. The van der Waals surface area contributed by atoms with E-state index >= 15 is 0 Å². The van der Waals surface area contributed by atoms with Crippen molar-refractivity contribution in [1.29, 1.82) is 0 Å². The molecule has 0 saturated carbocycles. The van der Waals surface area contributed by atoms with Gasteiger partial charge in [-0.15, -0.1) is 0 Å². The van der Waals surface area contributed by atoms with Gasteiger partial charge < -0.3 is 9.84 Å². The van der Waals surface area contributed by atoms with Crippen LogP contribution in [0.4, 0.5) is 0 Å². The van der Waals surface area contributed by atoms with Crippen LogP contribution >= 0.6 is 27.5 Å². The summed E-state index contributed by atoms with van der Waals surface area (Å²) in [4.78, 5) is 4.28. The van der Waals surface area contributed by atoms with Crippen molar-refractivity contribution in [3.8, 4) is 11.6 Å². The average molecular weight is 371 g/mol. The van der Waals surface area contributed by atoms with Gasteiger partial charge in [0.2, 0.25) is 5.88 Å². The lowest BCUT2D eigenvalue weighted by atomic mass is 10.0. The van der Waals surface area contributed by atoms with Crippen molar-refractivity contribution in [2.24, 2.45) is 0 Å². The molecule has 0 aliphatic rings. The molecule has 5 heteroatoms. The van der Waals surface area contributed by atoms with Crippen molar-refractivity contribution >= 4 is 27.5 Å². The van der Waals surface area contributed by atoms with Crippen LogP contribution in [0.5, 0.6) is 11.6 Å². The van der Waals surface area contributed by atoms with E-state index in [1.165, 1.54) is 0 Å². The maximum absolute atomic E-state index is 10.00. The second kappa shape index (κ2) is 5.95. The number of ether oxygens (including phenoxy) is 1. The molecule has 1 aromatic heterocycles. The number of rotatable bonds is 3. The zero-order valence-corrected chi connectivity index (χ0v) is 14.7. The van der Waals surface area contributed by atoms with Crippen LogP contribution in [0.15, 0.2) is 28.9 Å². The van der Waals surface area contributed by atoms with E-state index in [9.17, 15) is 5.11 Å². The summed E-state index contributed by atoms with van der Waals surface area (Å²) >= 11 is 9.46. The number of hydrogen-bond donors (Lipinski definition) is 1. The predicted molar refractivity (Wildman–Crippen MR) is 88.2 cm³/mol. The largest absolute Gasteiger partial charge is 0.437 e. The molecule has 0 amide bonds. The number of aryl methyl sites for hydroxylation is 2. The Morgan fingerprint density at radius 1 is 1.19 bits per heavy atom. The van der Waals surface area contributed by atoms with Crippen LogP contribution in [0.3, 0.4) is 0 Å². The highest BCUT2D eigenvalue weighted by atomic mass is 79.9. The summed E-state index contributed by atoms with van der Waals surface area (Å²) in [5, 5.41) is 10.7. The molecule has 2 rings (SSSR count). The number of nitrogens with zero attached hydrogens (tertiary/aromatic N) is 1. The Bertz CT molecular complexity index is 657. The quantitative estimate of drug-likeness (QED) is 0.814. The summed E-state index contributed by atoms with van der Waals surface area (Å²) in [6.07, 6.45) is 1.61. The third-order valence-corrected chi connectivity index (χ3v) is 3.92. The lowest BCUT2D eigenvalue weighted by Crippen LogP contribution is -2.15. The zero-order valence-electron chi connectivity index (χ0n) is 12.4. The number of benzene rings is 1. The van der Waals surface area contributed by atoms with Crippen molar-refractivity contribution in [3.05, 3.63) is 50.6 Å². The molecule has 0 atom stereocenters. The molecule has 0 aliphatic carbocycles. The van der Waals surface area contributed by atoms with Gasteiger partial charge in [0.15, 0.2) is 0 Å². The molecule has 2 aromatic rings. The maximum atomic E-state index is 10.00. The Labute approximate surface area is 138 Å². The topological polar surface area (TPSA) is 42.4 Å². The molecule has 21 heavy (non-hydrogen) atoms.